The summed E-state index contributed by atoms with van der Waals surface area (Å²) in [6.07, 6.45) is 1.84. The summed E-state index contributed by atoms with van der Waals surface area (Å²) < 4.78 is 7.13. The van der Waals surface area contributed by atoms with Crippen LogP contribution in [0.5, 0.6) is 5.75 Å². The van der Waals surface area contributed by atoms with Crippen molar-refractivity contribution in [1.29, 1.82) is 0 Å². The van der Waals surface area contributed by atoms with Crippen LogP contribution < -0.4 is 10.1 Å². The number of pyridine rings is 1. The Labute approximate surface area is 171 Å². The van der Waals surface area contributed by atoms with Crippen LogP contribution in [0.15, 0.2) is 66.9 Å². The lowest BCUT2D eigenvalue weighted by atomic mass is 10.1. The van der Waals surface area contributed by atoms with E-state index in [1.165, 1.54) is 6.07 Å². The van der Waals surface area contributed by atoms with Crippen molar-refractivity contribution in [2.75, 3.05) is 12.4 Å². The van der Waals surface area contributed by atoms with Gasteiger partial charge in [-0.15, -0.1) is 0 Å². The number of methoxy groups -OCH3 is 1. The van der Waals surface area contributed by atoms with Crippen LogP contribution in [0.25, 0.3) is 16.9 Å². The molecule has 0 unspecified atom stereocenters. The first-order valence-corrected chi connectivity index (χ1v) is 9.20. The zero-order valence-electron chi connectivity index (χ0n) is 14.8. The monoisotopic (exact) mass is 411 g/mol. The van der Waals surface area contributed by atoms with E-state index in [0.29, 0.717) is 33.5 Å². The number of hydrogen-bond acceptors (Lipinski definition) is 3. The lowest BCUT2D eigenvalue weighted by molar-refractivity contribution is 0.102. The number of aromatic nitrogens is 2. The van der Waals surface area contributed by atoms with Crippen LogP contribution in [0, 0.1) is 0 Å². The van der Waals surface area contributed by atoms with Crippen molar-refractivity contribution in [2.24, 2.45) is 0 Å². The van der Waals surface area contributed by atoms with E-state index in [1.807, 2.05) is 53.1 Å². The number of benzene rings is 2. The van der Waals surface area contributed by atoms with Crippen molar-refractivity contribution in [3.63, 3.8) is 0 Å². The second-order valence-corrected chi connectivity index (χ2v) is 6.89. The van der Waals surface area contributed by atoms with Gasteiger partial charge < -0.3 is 10.1 Å². The maximum absolute atomic E-state index is 12.9. The number of nitrogens with zero attached hydrogens (tertiary/aromatic N) is 2. The summed E-state index contributed by atoms with van der Waals surface area (Å²) in [5.41, 5.74) is 2.48. The molecule has 0 spiro atoms. The summed E-state index contributed by atoms with van der Waals surface area (Å²) >= 11 is 12.1. The molecule has 4 rings (SSSR count). The number of nitrogens with one attached hydrogen (secondary N) is 1. The molecule has 4 aromatic rings. The summed E-state index contributed by atoms with van der Waals surface area (Å²) in [6, 6.07) is 17.9. The van der Waals surface area contributed by atoms with Gasteiger partial charge in [0.2, 0.25) is 0 Å². The van der Waals surface area contributed by atoms with Crippen LogP contribution in [0.3, 0.4) is 0 Å². The Balaban J connectivity index is 1.82. The maximum atomic E-state index is 12.9. The van der Waals surface area contributed by atoms with Gasteiger partial charge in [-0.1, -0.05) is 41.4 Å². The summed E-state index contributed by atoms with van der Waals surface area (Å²) in [5, 5.41) is 3.68. The minimum Gasteiger partial charge on any atom is -0.497 e. The van der Waals surface area contributed by atoms with E-state index in [-0.39, 0.29) is 10.9 Å². The highest BCUT2D eigenvalue weighted by molar-refractivity contribution is 6.37. The first-order valence-electron chi connectivity index (χ1n) is 8.45. The molecule has 0 bridgehead atoms. The molecular formula is C21H15Cl2N3O2. The third kappa shape index (κ3) is 3.42. The second-order valence-electron chi connectivity index (χ2n) is 6.05. The molecule has 0 fully saturated rings. The molecule has 0 aliphatic heterocycles. The number of hydrogen-bond donors (Lipinski definition) is 1. The molecule has 0 atom stereocenters. The van der Waals surface area contributed by atoms with Crippen LogP contribution in [0.2, 0.25) is 10.0 Å². The van der Waals surface area contributed by atoms with E-state index in [4.69, 9.17) is 27.9 Å². The molecule has 1 amide bonds. The standard InChI is InChI=1S/C21H15Cl2N3O2/c1-28-15-6-4-5-13(11-15)19-20(26-10-3-2-7-18(26)24-19)25-21(27)16-9-8-14(22)12-17(16)23/h2-12H,1H3,(H,25,27). The van der Waals surface area contributed by atoms with Gasteiger partial charge in [-0.25, -0.2) is 4.98 Å². The molecular weight excluding hydrogens is 397 g/mol. The molecule has 2 aromatic carbocycles. The molecule has 2 aromatic heterocycles. The molecule has 140 valence electrons. The lowest BCUT2D eigenvalue weighted by Crippen LogP contribution is -2.14. The average molecular weight is 412 g/mol. The van der Waals surface area contributed by atoms with Crippen molar-refractivity contribution in [3.05, 3.63) is 82.5 Å². The summed E-state index contributed by atoms with van der Waals surface area (Å²) in [7, 11) is 1.61. The van der Waals surface area contributed by atoms with E-state index in [2.05, 4.69) is 10.3 Å². The first kappa shape index (κ1) is 18.3. The molecule has 0 saturated heterocycles. The Morgan fingerprint density at radius 1 is 1.07 bits per heavy atom. The molecule has 2 heterocycles. The quantitative estimate of drug-likeness (QED) is 0.477. The third-order valence-corrected chi connectivity index (χ3v) is 4.83. The van der Waals surface area contributed by atoms with Crippen LogP contribution in [-0.4, -0.2) is 22.4 Å². The number of carbonyl (C=O) groups excluding carboxylic acids is 1. The fourth-order valence-electron chi connectivity index (χ4n) is 2.94. The van der Waals surface area contributed by atoms with Gasteiger partial charge in [-0.3, -0.25) is 9.20 Å². The van der Waals surface area contributed by atoms with Crippen molar-refractivity contribution in [1.82, 2.24) is 9.38 Å². The smallest absolute Gasteiger partial charge is 0.258 e. The average Bonchev–Trinajstić information content (AvgIpc) is 3.06. The Hall–Kier alpha value is -3.02. The van der Waals surface area contributed by atoms with E-state index in [0.717, 1.165) is 5.56 Å². The molecule has 0 aliphatic rings. The number of amides is 1. The van der Waals surface area contributed by atoms with E-state index < -0.39 is 0 Å². The fourth-order valence-corrected chi connectivity index (χ4v) is 3.43. The van der Waals surface area contributed by atoms with Gasteiger partial charge in [0.25, 0.3) is 5.91 Å². The van der Waals surface area contributed by atoms with Crippen LogP contribution >= 0.6 is 23.2 Å². The van der Waals surface area contributed by atoms with Gasteiger partial charge in [0, 0.05) is 16.8 Å². The molecule has 7 heteroatoms. The normalized spacial score (nSPS) is 10.8. The lowest BCUT2D eigenvalue weighted by Gasteiger charge is -2.10. The highest BCUT2D eigenvalue weighted by Crippen LogP contribution is 2.32. The summed E-state index contributed by atoms with van der Waals surface area (Å²) in [4.78, 5) is 17.6. The Kier molecular flexibility index (Phi) is 4.94. The van der Waals surface area contributed by atoms with Gasteiger partial charge >= 0.3 is 0 Å². The van der Waals surface area contributed by atoms with Crippen molar-refractivity contribution in [3.8, 4) is 17.0 Å². The number of halogens is 2. The molecule has 28 heavy (non-hydrogen) atoms. The van der Waals surface area contributed by atoms with Gasteiger partial charge in [-0.2, -0.15) is 0 Å². The number of anilines is 1. The van der Waals surface area contributed by atoms with Gasteiger partial charge in [0.05, 0.1) is 17.7 Å². The van der Waals surface area contributed by atoms with Crippen LogP contribution in [-0.2, 0) is 0 Å². The molecule has 0 saturated carbocycles. The van der Waals surface area contributed by atoms with Crippen molar-refractivity contribution in [2.45, 2.75) is 0 Å². The van der Waals surface area contributed by atoms with Crippen LogP contribution in [0.4, 0.5) is 5.82 Å². The topological polar surface area (TPSA) is 55.6 Å². The minimum absolute atomic E-state index is 0.279. The molecule has 0 radical (unpaired) electrons. The molecule has 1 N–H and O–H groups in total. The number of fused-ring (bicyclic) bond motifs is 1. The fraction of sp³-hybridized carbons (Fsp3) is 0.0476. The molecule has 5 nitrogen and oxygen atoms in total. The molecule has 0 aliphatic carbocycles. The maximum Gasteiger partial charge on any atom is 0.258 e. The zero-order chi connectivity index (χ0) is 19.7. The zero-order valence-corrected chi connectivity index (χ0v) is 16.3. The Morgan fingerprint density at radius 3 is 2.71 bits per heavy atom. The summed E-state index contributed by atoms with van der Waals surface area (Å²) in [5.74, 6) is 0.893. The first-order chi connectivity index (χ1) is 13.6. The van der Waals surface area contributed by atoms with E-state index in [1.54, 1.807) is 19.2 Å². The summed E-state index contributed by atoms with van der Waals surface area (Å²) in [6.45, 7) is 0. The van der Waals surface area contributed by atoms with Crippen molar-refractivity contribution >= 4 is 40.6 Å². The number of carbonyl (C=O) groups is 1. The van der Waals surface area contributed by atoms with Gasteiger partial charge in [-0.05, 0) is 42.5 Å². The largest absolute Gasteiger partial charge is 0.497 e. The predicted octanol–water partition coefficient (Wildman–Crippen LogP) is 5.57. The second kappa shape index (κ2) is 7.54. The predicted molar refractivity (Wildman–Crippen MR) is 112 cm³/mol. The van der Waals surface area contributed by atoms with E-state index >= 15 is 0 Å². The number of rotatable bonds is 4. The number of imidazole rings is 1. The van der Waals surface area contributed by atoms with Crippen molar-refractivity contribution < 1.29 is 9.53 Å². The Bertz CT molecular complexity index is 1190. The van der Waals surface area contributed by atoms with E-state index in [9.17, 15) is 4.79 Å². The highest BCUT2D eigenvalue weighted by atomic mass is 35.5. The van der Waals surface area contributed by atoms with Gasteiger partial charge in [0.15, 0.2) is 0 Å². The van der Waals surface area contributed by atoms with Gasteiger partial charge in [0.1, 0.15) is 22.9 Å². The van der Waals surface area contributed by atoms with Crippen LogP contribution in [0.1, 0.15) is 10.4 Å². The Morgan fingerprint density at radius 2 is 1.93 bits per heavy atom. The third-order valence-electron chi connectivity index (χ3n) is 4.28. The highest BCUT2D eigenvalue weighted by Gasteiger charge is 2.19. The SMILES string of the molecule is COc1cccc(-c2nc3ccccn3c2NC(=O)c2ccc(Cl)cc2Cl)c1. The number of ether oxygens (including phenoxy) is 1. The minimum atomic E-state index is -0.350.